The number of carbonyl (C=O) groups is 1. The maximum absolute atomic E-state index is 13.0. The summed E-state index contributed by atoms with van der Waals surface area (Å²) in [5.74, 6) is 0.190. The minimum absolute atomic E-state index is 0.0579. The maximum Gasteiger partial charge on any atom is 0.241 e. The second-order valence-electron chi connectivity index (χ2n) is 7.56. The third-order valence-electron chi connectivity index (χ3n) is 5.62. The van der Waals surface area contributed by atoms with Crippen LogP contribution in [-0.2, 0) is 24.3 Å². The molecular formula is C21H26N2O7S. The van der Waals surface area contributed by atoms with E-state index in [2.05, 4.69) is 4.72 Å². The van der Waals surface area contributed by atoms with Crippen LogP contribution in [-0.4, -0.2) is 58.4 Å². The van der Waals surface area contributed by atoms with Gasteiger partial charge in [0.15, 0.2) is 5.79 Å². The fourth-order valence-corrected chi connectivity index (χ4v) is 5.09. The summed E-state index contributed by atoms with van der Waals surface area (Å²) in [6.45, 7) is 2.13. The molecule has 1 spiro atoms. The number of hydrogen-bond acceptors (Lipinski definition) is 7. The molecule has 0 radical (unpaired) electrons. The first-order valence-corrected chi connectivity index (χ1v) is 11.6. The SMILES string of the molecule is COc1ccc(S(=O)(=O)N[C@H](CC(=O)N2CCC3(CC2)OCCO3)c2ccco2)cc1. The summed E-state index contributed by atoms with van der Waals surface area (Å²) in [7, 11) is -2.37. The van der Waals surface area contributed by atoms with Crippen LogP contribution in [0.3, 0.4) is 0 Å². The van der Waals surface area contributed by atoms with Crippen molar-refractivity contribution >= 4 is 15.9 Å². The summed E-state index contributed by atoms with van der Waals surface area (Å²) in [6.07, 6.45) is 2.59. The van der Waals surface area contributed by atoms with Gasteiger partial charge in [-0.3, -0.25) is 4.79 Å². The molecule has 0 bridgehead atoms. The van der Waals surface area contributed by atoms with Crippen LogP contribution >= 0.6 is 0 Å². The van der Waals surface area contributed by atoms with Crippen molar-refractivity contribution in [3.8, 4) is 5.75 Å². The molecule has 1 N–H and O–H groups in total. The lowest BCUT2D eigenvalue weighted by molar-refractivity contribution is -0.187. The van der Waals surface area contributed by atoms with Crippen LogP contribution in [0.4, 0.5) is 0 Å². The molecule has 1 aromatic heterocycles. The molecule has 9 nitrogen and oxygen atoms in total. The molecule has 2 aliphatic rings. The molecule has 3 heterocycles. The van der Waals surface area contributed by atoms with Gasteiger partial charge < -0.3 is 23.5 Å². The van der Waals surface area contributed by atoms with E-state index in [4.69, 9.17) is 18.6 Å². The predicted molar refractivity (Wildman–Crippen MR) is 110 cm³/mol. The quantitative estimate of drug-likeness (QED) is 0.688. The summed E-state index contributed by atoms with van der Waals surface area (Å²) < 4.78 is 50.3. The molecule has 1 amide bonds. The van der Waals surface area contributed by atoms with E-state index in [1.807, 2.05) is 0 Å². The van der Waals surface area contributed by atoms with Gasteiger partial charge >= 0.3 is 0 Å². The summed E-state index contributed by atoms with van der Waals surface area (Å²) in [4.78, 5) is 14.8. The third kappa shape index (κ3) is 4.93. The van der Waals surface area contributed by atoms with Gasteiger partial charge in [0.2, 0.25) is 15.9 Å². The van der Waals surface area contributed by atoms with E-state index in [-0.39, 0.29) is 17.2 Å². The second kappa shape index (κ2) is 8.99. The molecule has 1 aromatic carbocycles. The largest absolute Gasteiger partial charge is 0.497 e. The fraction of sp³-hybridized carbons (Fsp3) is 0.476. The molecule has 10 heteroatoms. The average molecular weight is 451 g/mol. The predicted octanol–water partition coefficient (Wildman–Crippen LogP) is 2.06. The lowest BCUT2D eigenvalue weighted by atomic mass is 10.0. The van der Waals surface area contributed by atoms with Crippen molar-refractivity contribution in [1.29, 1.82) is 0 Å². The maximum atomic E-state index is 13.0. The second-order valence-corrected chi connectivity index (χ2v) is 9.27. The standard InChI is InChI=1S/C21H26N2O7S/c1-27-16-4-6-17(7-5-16)31(25,26)22-18(19-3-2-12-28-19)15-20(24)23-10-8-21(9-11-23)29-13-14-30-21/h2-7,12,18,22H,8-11,13-15H2,1H3/t18-/m1/s1. The molecule has 4 rings (SSSR count). The van der Waals surface area contributed by atoms with E-state index in [0.717, 1.165) is 0 Å². The molecule has 2 aromatic rings. The zero-order valence-electron chi connectivity index (χ0n) is 17.3. The Bertz CT molecular complexity index is 973. The number of nitrogens with zero attached hydrogens (tertiary/aromatic N) is 1. The first-order valence-electron chi connectivity index (χ1n) is 10.2. The molecule has 168 valence electrons. The number of carbonyl (C=O) groups excluding carboxylic acids is 1. The number of amides is 1. The van der Waals surface area contributed by atoms with Crippen molar-refractivity contribution in [3.63, 3.8) is 0 Å². The van der Waals surface area contributed by atoms with Crippen LogP contribution in [0.25, 0.3) is 0 Å². The summed E-state index contributed by atoms with van der Waals surface area (Å²) >= 11 is 0. The van der Waals surface area contributed by atoms with Gasteiger partial charge in [-0.25, -0.2) is 8.42 Å². The van der Waals surface area contributed by atoms with Crippen molar-refractivity contribution < 1.29 is 31.8 Å². The number of piperidine rings is 1. The molecule has 0 unspecified atom stereocenters. The Labute approximate surface area is 181 Å². The van der Waals surface area contributed by atoms with Crippen LogP contribution < -0.4 is 9.46 Å². The number of likely N-dealkylation sites (tertiary alicyclic amines) is 1. The van der Waals surface area contributed by atoms with Gasteiger partial charge in [-0.05, 0) is 36.4 Å². The van der Waals surface area contributed by atoms with Crippen molar-refractivity contribution in [2.75, 3.05) is 33.4 Å². The van der Waals surface area contributed by atoms with Crippen molar-refractivity contribution in [3.05, 3.63) is 48.4 Å². The Morgan fingerprint density at radius 2 is 1.84 bits per heavy atom. The number of benzene rings is 1. The van der Waals surface area contributed by atoms with Crippen molar-refractivity contribution in [1.82, 2.24) is 9.62 Å². The number of ether oxygens (including phenoxy) is 3. The molecular weight excluding hydrogens is 424 g/mol. The van der Waals surface area contributed by atoms with E-state index in [1.165, 1.54) is 25.5 Å². The summed E-state index contributed by atoms with van der Waals surface area (Å²) in [6, 6.07) is 8.52. The van der Waals surface area contributed by atoms with Gasteiger partial charge in [0.05, 0.1) is 43.9 Å². The Balaban J connectivity index is 1.45. The molecule has 0 saturated carbocycles. The highest BCUT2D eigenvalue weighted by Crippen LogP contribution is 2.32. The highest BCUT2D eigenvalue weighted by molar-refractivity contribution is 7.89. The van der Waals surface area contributed by atoms with E-state index in [0.29, 0.717) is 50.7 Å². The molecule has 2 fully saturated rings. The summed E-state index contributed by atoms with van der Waals surface area (Å²) in [5, 5.41) is 0. The number of rotatable bonds is 7. The van der Waals surface area contributed by atoms with Crippen LogP contribution in [0.2, 0.25) is 0 Å². The van der Waals surface area contributed by atoms with Gasteiger partial charge in [-0.1, -0.05) is 0 Å². The van der Waals surface area contributed by atoms with Gasteiger partial charge in [0, 0.05) is 25.9 Å². The minimum atomic E-state index is -3.88. The molecule has 2 saturated heterocycles. The smallest absolute Gasteiger partial charge is 0.241 e. The van der Waals surface area contributed by atoms with Gasteiger partial charge in [-0.15, -0.1) is 0 Å². The molecule has 2 aliphatic heterocycles. The lowest BCUT2D eigenvalue weighted by Gasteiger charge is -2.38. The van der Waals surface area contributed by atoms with Crippen molar-refractivity contribution in [2.24, 2.45) is 0 Å². The van der Waals surface area contributed by atoms with Crippen LogP contribution in [0.15, 0.2) is 52.0 Å². The van der Waals surface area contributed by atoms with Crippen LogP contribution in [0.5, 0.6) is 5.75 Å². The Morgan fingerprint density at radius 1 is 1.16 bits per heavy atom. The number of nitrogens with one attached hydrogen (secondary N) is 1. The first kappa shape index (κ1) is 21.8. The normalized spacial score (nSPS) is 19.5. The van der Waals surface area contributed by atoms with E-state index < -0.39 is 21.9 Å². The number of methoxy groups -OCH3 is 1. The monoisotopic (exact) mass is 450 g/mol. The summed E-state index contributed by atoms with van der Waals surface area (Å²) in [5.41, 5.74) is 0. The Kier molecular flexibility index (Phi) is 6.33. The van der Waals surface area contributed by atoms with E-state index in [1.54, 1.807) is 29.2 Å². The highest BCUT2D eigenvalue weighted by Gasteiger charge is 2.41. The third-order valence-corrected chi connectivity index (χ3v) is 7.11. The number of hydrogen-bond donors (Lipinski definition) is 1. The van der Waals surface area contributed by atoms with E-state index >= 15 is 0 Å². The Morgan fingerprint density at radius 3 is 2.42 bits per heavy atom. The fourth-order valence-electron chi connectivity index (χ4n) is 3.89. The zero-order valence-corrected chi connectivity index (χ0v) is 18.1. The minimum Gasteiger partial charge on any atom is -0.497 e. The zero-order chi connectivity index (χ0) is 21.9. The first-order chi connectivity index (χ1) is 14.9. The van der Waals surface area contributed by atoms with Gasteiger partial charge in [0.25, 0.3) is 0 Å². The molecule has 31 heavy (non-hydrogen) atoms. The van der Waals surface area contributed by atoms with Gasteiger partial charge in [0.1, 0.15) is 11.5 Å². The van der Waals surface area contributed by atoms with Crippen molar-refractivity contribution in [2.45, 2.75) is 36.0 Å². The van der Waals surface area contributed by atoms with Crippen LogP contribution in [0, 0.1) is 0 Å². The van der Waals surface area contributed by atoms with Gasteiger partial charge in [-0.2, -0.15) is 4.72 Å². The van der Waals surface area contributed by atoms with E-state index in [9.17, 15) is 13.2 Å². The molecule has 1 atom stereocenters. The topological polar surface area (TPSA) is 107 Å². The lowest BCUT2D eigenvalue weighted by Crippen LogP contribution is -2.48. The number of furan rings is 1. The Hall–Kier alpha value is -2.40. The number of sulfonamides is 1. The molecule has 0 aliphatic carbocycles. The highest BCUT2D eigenvalue weighted by atomic mass is 32.2. The van der Waals surface area contributed by atoms with Crippen LogP contribution in [0.1, 0.15) is 31.1 Å². The average Bonchev–Trinajstić information content (AvgIpc) is 3.46.